The number of carbonyl (C=O) groups excluding carboxylic acids is 1. The van der Waals surface area contributed by atoms with Crippen LogP contribution in [0.4, 0.5) is 11.5 Å². The lowest BCUT2D eigenvalue weighted by atomic mass is 10.1. The van der Waals surface area contributed by atoms with Gasteiger partial charge in [0.1, 0.15) is 28.5 Å². The molecule has 0 saturated heterocycles. The Labute approximate surface area is 221 Å². The van der Waals surface area contributed by atoms with E-state index in [1.54, 1.807) is 31.1 Å². The summed E-state index contributed by atoms with van der Waals surface area (Å²) in [5, 5.41) is 11.2. The molecule has 4 rings (SSSR count). The molecule has 0 amide bonds. The van der Waals surface area contributed by atoms with Crippen LogP contribution in [0, 0.1) is 6.92 Å². The van der Waals surface area contributed by atoms with Crippen LogP contribution in [0.2, 0.25) is 0 Å². The van der Waals surface area contributed by atoms with Gasteiger partial charge < -0.3 is 24.8 Å². The Morgan fingerprint density at radius 3 is 2.66 bits per heavy atom. The first-order chi connectivity index (χ1) is 18.5. The topological polar surface area (TPSA) is 117 Å². The molecule has 4 aromatic rings. The van der Waals surface area contributed by atoms with E-state index in [0.717, 1.165) is 33.9 Å². The average molecular weight is 520 g/mol. The fraction of sp³-hybridized carbons (Fsp3) is 0.333. The highest BCUT2D eigenvalue weighted by Gasteiger charge is 2.19. The molecule has 0 atom stereocenters. The average Bonchev–Trinajstić information content (AvgIpc) is 3.41. The van der Waals surface area contributed by atoms with Crippen LogP contribution in [0.3, 0.4) is 0 Å². The van der Waals surface area contributed by atoms with Gasteiger partial charge in [-0.3, -0.25) is 14.2 Å². The predicted octanol–water partition coefficient (Wildman–Crippen LogP) is 3.68. The number of fused-ring (bicyclic) bond motifs is 1. The van der Waals surface area contributed by atoms with Gasteiger partial charge in [0, 0.05) is 39.2 Å². The Morgan fingerprint density at radius 2 is 1.95 bits per heavy atom. The smallest absolute Gasteiger partial charge is 0.332 e. The van der Waals surface area contributed by atoms with E-state index in [4.69, 9.17) is 14.2 Å². The normalized spacial score (nSPS) is 11.7. The van der Waals surface area contributed by atoms with E-state index in [0.29, 0.717) is 30.3 Å². The van der Waals surface area contributed by atoms with Crippen molar-refractivity contribution >= 4 is 34.2 Å². The van der Waals surface area contributed by atoms with Crippen LogP contribution in [0.25, 0.3) is 22.4 Å². The molecule has 0 bridgehead atoms. The van der Waals surface area contributed by atoms with Gasteiger partial charge in [-0.25, -0.2) is 9.78 Å². The molecule has 2 N–H and O–H groups in total. The number of nitrogens with one attached hydrogen (secondary N) is 2. The van der Waals surface area contributed by atoms with E-state index in [1.165, 1.54) is 6.08 Å². The number of hydrogen-bond acceptors (Lipinski definition) is 9. The third-order valence-electron chi connectivity index (χ3n) is 5.90. The summed E-state index contributed by atoms with van der Waals surface area (Å²) in [6, 6.07) is 9.81. The van der Waals surface area contributed by atoms with E-state index < -0.39 is 5.97 Å². The second-order valence-electron chi connectivity index (χ2n) is 8.43. The fourth-order valence-electron chi connectivity index (χ4n) is 4.21. The molecule has 11 heteroatoms. The van der Waals surface area contributed by atoms with Gasteiger partial charge >= 0.3 is 5.97 Å². The lowest BCUT2D eigenvalue weighted by Crippen LogP contribution is -2.09. The second-order valence-corrected chi connectivity index (χ2v) is 8.43. The maximum atomic E-state index is 12.5. The Kier molecular flexibility index (Phi) is 8.72. The Bertz CT molecular complexity index is 1420. The fourth-order valence-corrected chi connectivity index (χ4v) is 4.21. The molecular formula is C27H33N7O4. The number of carbonyl (C=O) groups is 1. The van der Waals surface area contributed by atoms with Crippen molar-refractivity contribution in [1.29, 1.82) is 0 Å². The first-order valence-corrected chi connectivity index (χ1v) is 12.3. The molecule has 0 aliphatic carbocycles. The third-order valence-corrected chi connectivity index (χ3v) is 5.90. The molecular weight excluding hydrogens is 486 g/mol. The molecule has 11 nitrogen and oxygen atoms in total. The van der Waals surface area contributed by atoms with Crippen LogP contribution in [-0.2, 0) is 32.7 Å². The summed E-state index contributed by atoms with van der Waals surface area (Å²) in [6.07, 6.45) is 4.95. The van der Waals surface area contributed by atoms with E-state index in [-0.39, 0.29) is 13.2 Å². The Balaban J connectivity index is 1.69. The number of nitrogens with zero attached hydrogens (tertiary/aromatic N) is 5. The molecule has 1 aromatic carbocycles. The van der Waals surface area contributed by atoms with Crippen LogP contribution in [0.15, 0.2) is 48.8 Å². The predicted molar refractivity (Wildman–Crippen MR) is 146 cm³/mol. The van der Waals surface area contributed by atoms with Crippen LogP contribution < -0.4 is 10.6 Å². The van der Waals surface area contributed by atoms with Gasteiger partial charge in [0.05, 0.1) is 43.8 Å². The van der Waals surface area contributed by atoms with Gasteiger partial charge in [0.25, 0.3) is 0 Å². The zero-order valence-corrected chi connectivity index (χ0v) is 22.3. The number of pyridine rings is 1. The molecule has 3 heterocycles. The second kappa shape index (κ2) is 12.3. The minimum absolute atomic E-state index is 0.272. The van der Waals surface area contributed by atoms with Crippen LogP contribution in [0.1, 0.15) is 24.0 Å². The summed E-state index contributed by atoms with van der Waals surface area (Å²) in [6.45, 7) is 5.20. The minimum atomic E-state index is -0.448. The van der Waals surface area contributed by atoms with Crippen molar-refractivity contribution in [1.82, 2.24) is 24.3 Å². The molecule has 3 aromatic heterocycles. The van der Waals surface area contributed by atoms with E-state index in [2.05, 4.69) is 30.3 Å². The number of benzene rings is 1. The Hall–Kier alpha value is -4.22. The lowest BCUT2D eigenvalue weighted by molar-refractivity contribution is -0.137. The van der Waals surface area contributed by atoms with E-state index in [1.807, 2.05) is 51.4 Å². The molecule has 0 radical (unpaired) electrons. The van der Waals surface area contributed by atoms with Gasteiger partial charge in [-0.1, -0.05) is 12.1 Å². The monoisotopic (exact) mass is 519 g/mol. The molecule has 0 aliphatic rings. The zero-order valence-electron chi connectivity index (χ0n) is 22.3. The van der Waals surface area contributed by atoms with Crippen molar-refractivity contribution in [3.63, 3.8) is 0 Å². The summed E-state index contributed by atoms with van der Waals surface area (Å²) >= 11 is 0. The number of methoxy groups -OCH3 is 1. The van der Waals surface area contributed by atoms with Gasteiger partial charge in [-0.05, 0) is 37.6 Å². The van der Waals surface area contributed by atoms with Crippen molar-refractivity contribution in [3.05, 3.63) is 65.9 Å². The number of rotatable bonds is 12. The van der Waals surface area contributed by atoms with Crippen molar-refractivity contribution in [2.75, 3.05) is 44.6 Å². The highest BCUT2D eigenvalue weighted by Crippen LogP contribution is 2.31. The summed E-state index contributed by atoms with van der Waals surface area (Å²) < 4.78 is 19.8. The van der Waals surface area contributed by atoms with Crippen LogP contribution >= 0.6 is 0 Å². The molecule has 0 fully saturated rings. The first-order valence-electron chi connectivity index (χ1n) is 12.3. The molecule has 0 spiro atoms. The summed E-state index contributed by atoms with van der Waals surface area (Å²) in [7, 11) is 5.28. The van der Waals surface area contributed by atoms with Gasteiger partial charge in [-0.15, -0.1) is 0 Å². The maximum Gasteiger partial charge on any atom is 0.332 e. The van der Waals surface area contributed by atoms with Gasteiger partial charge in [0.2, 0.25) is 0 Å². The number of imidazole rings is 1. The number of aryl methyl sites for hydroxylation is 2. The molecule has 0 unspecified atom stereocenters. The highest BCUT2D eigenvalue weighted by molar-refractivity contribution is 5.96. The summed E-state index contributed by atoms with van der Waals surface area (Å²) in [4.78, 5) is 21.3. The van der Waals surface area contributed by atoms with Crippen molar-refractivity contribution in [3.8, 4) is 5.69 Å². The van der Waals surface area contributed by atoms with Crippen molar-refractivity contribution in [2.45, 2.75) is 20.5 Å². The number of esters is 1. The van der Waals surface area contributed by atoms with Crippen molar-refractivity contribution in [2.24, 2.45) is 7.05 Å². The lowest BCUT2D eigenvalue weighted by Gasteiger charge is -2.15. The van der Waals surface area contributed by atoms with E-state index >= 15 is 0 Å². The molecule has 0 saturated carbocycles. The summed E-state index contributed by atoms with van der Waals surface area (Å²) in [5.41, 5.74) is 5.49. The van der Waals surface area contributed by atoms with Gasteiger partial charge in [0.15, 0.2) is 0 Å². The van der Waals surface area contributed by atoms with Crippen LogP contribution in [-0.4, -0.2) is 64.3 Å². The van der Waals surface area contributed by atoms with Gasteiger partial charge in [-0.2, -0.15) is 5.10 Å². The largest absolute Gasteiger partial charge is 0.463 e. The Morgan fingerprint density at radius 1 is 1.16 bits per heavy atom. The quantitative estimate of drug-likeness (QED) is 0.164. The zero-order chi connectivity index (χ0) is 27.1. The number of hydrogen-bond donors (Lipinski definition) is 2. The van der Waals surface area contributed by atoms with E-state index in [9.17, 15) is 4.79 Å². The maximum absolute atomic E-state index is 12.5. The third kappa shape index (κ3) is 5.84. The number of aromatic nitrogens is 5. The van der Waals surface area contributed by atoms with Crippen molar-refractivity contribution < 1.29 is 19.0 Å². The standard InChI is InChI=1S/C27H33N7O4/c1-6-38-25(35)15-21(31-26-23(17-37-14-13-36-5)32-33(4)27(26)28-3)19-7-9-20(10-8-19)34-18(2)30-22-16-29-12-11-24(22)34/h7-12,15-16,28,31H,6,13-14,17H2,1-5H3/b21-15+. The minimum Gasteiger partial charge on any atom is -0.463 e. The van der Waals surface area contributed by atoms with Crippen LogP contribution in [0.5, 0.6) is 0 Å². The number of ether oxygens (including phenoxy) is 3. The first kappa shape index (κ1) is 26.8. The molecule has 38 heavy (non-hydrogen) atoms. The molecule has 200 valence electrons. The highest BCUT2D eigenvalue weighted by atomic mass is 16.5. The SMILES string of the molecule is CCOC(=O)/C=C(/Nc1c(COCCOC)nn(C)c1NC)c1ccc(-n2c(C)nc3cnccc32)cc1. The summed E-state index contributed by atoms with van der Waals surface area (Å²) in [5.74, 6) is 1.15. The number of anilines is 2. The molecule has 0 aliphatic heterocycles.